The lowest BCUT2D eigenvalue weighted by atomic mass is 10.2. The van der Waals surface area contributed by atoms with Crippen molar-refractivity contribution >= 4 is 16.8 Å². The van der Waals surface area contributed by atoms with Gasteiger partial charge in [0.2, 0.25) is 0 Å². The number of carbonyl (C=O) groups is 1. The number of nitrogens with one attached hydrogen (secondary N) is 1. The molecular formula is C17H20N4O3. The van der Waals surface area contributed by atoms with E-state index in [2.05, 4.69) is 10.3 Å². The largest absolute Gasteiger partial charge is 0.497 e. The van der Waals surface area contributed by atoms with Gasteiger partial charge in [0.05, 0.1) is 26.1 Å². The summed E-state index contributed by atoms with van der Waals surface area (Å²) in [7, 11) is 5.06. The Morgan fingerprint density at radius 1 is 1.25 bits per heavy atom. The number of fused-ring (bicyclic) bond motifs is 1. The molecule has 0 aliphatic carbocycles. The summed E-state index contributed by atoms with van der Waals surface area (Å²) in [6.45, 7) is 1.20. The molecular weight excluding hydrogens is 308 g/mol. The molecule has 0 saturated carbocycles. The Morgan fingerprint density at radius 3 is 2.75 bits per heavy atom. The highest BCUT2D eigenvalue weighted by Crippen LogP contribution is 2.33. The van der Waals surface area contributed by atoms with E-state index in [-0.39, 0.29) is 5.91 Å². The summed E-state index contributed by atoms with van der Waals surface area (Å²) in [5.41, 5.74) is 1.45. The summed E-state index contributed by atoms with van der Waals surface area (Å²) in [5, 5.41) is 3.80. The van der Waals surface area contributed by atoms with Gasteiger partial charge < -0.3 is 23.9 Å². The Labute approximate surface area is 139 Å². The highest BCUT2D eigenvalue weighted by atomic mass is 16.5. The fourth-order valence-electron chi connectivity index (χ4n) is 2.69. The number of imidazole rings is 1. The van der Waals surface area contributed by atoms with Crippen LogP contribution in [0, 0.1) is 0 Å². The number of aromatic nitrogens is 3. The first-order chi connectivity index (χ1) is 11.6. The molecule has 7 heteroatoms. The quantitative estimate of drug-likeness (QED) is 0.749. The fourth-order valence-corrected chi connectivity index (χ4v) is 2.69. The second-order valence-electron chi connectivity index (χ2n) is 5.41. The van der Waals surface area contributed by atoms with E-state index in [4.69, 9.17) is 9.47 Å². The van der Waals surface area contributed by atoms with Crippen LogP contribution in [0.25, 0.3) is 10.9 Å². The Kier molecular flexibility index (Phi) is 4.41. The van der Waals surface area contributed by atoms with Crippen molar-refractivity contribution < 1.29 is 14.3 Å². The van der Waals surface area contributed by atoms with Crippen molar-refractivity contribution in [3.05, 3.63) is 42.6 Å². The third kappa shape index (κ3) is 2.92. The number of carbonyl (C=O) groups excluding carboxylic acids is 1. The number of aryl methyl sites for hydroxylation is 1. The zero-order chi connectivity index (χ0) is 17.1. The minimum atomic E-state index is -0.130. The molecule has 3 aromatic rings. The van der Waals surface area contributed by atoms with Gasteiger partial charge >= 0.3 is 0 Å². The van der Waals surface area contributed by atoms with Gasteiger partial charge in [0.15, 0.2) is 0 Å². The number of ether oxygens (including phenoxy) is 2. The van der Waals surface area contributed by atoms with Crippen LogP contribution in [0.15, 0.2) is 36.9 Å². The number of nitrogens with zero attached hydrogens (tertiary/aromatic N) is 3. The molecule has 1 amide bonds. The average Bonchev–Trinajstić information content (AvgIpc) is 3.22. The van der Waals surface area contributed by atoms with Gasteiger partial charge in [-0.3, -0.25) is 4.79 Å². The second-order valence-corrected chi connectivity index (χ2v) is 5.41. The number of methoxy groups -OCH3 is 2. The molecule has 24 heavy (non-hydrogen) atoms. The lowest BCUT2D eigenvalue weighted by Crippen LogP contribution is -2.28. The molecule has 0 bridgehead atoms. The van der Waals surface area contributed by atoms with Crippen LogP contribution >= 0.6 is 0 Å². The van der Waals surface area contributed by atoms with Crippen molar-refractivity contribution in [3.63, 3.8) is 0 Å². The van der Waals surface area contributed by atoms with E-state index in [1.54, 1.807) is 26.7 Å². The predicted octanol–water partition coefficient (Wildman–Crippen LogP) is 1.82. The maximum absolute atomic E-state index is 12.5. The van der Waals surface area contributed by atoms with E-state index < -0.39 is 0 Å². The minimum absolute atomic E-state index is 0.130. The van der Waals surface area contributed by atoms with Crippen LogP contribution in [-0.4, -0.2) is 40.8 Å². The van der Waals surface area contributed by atoms with Gasteiger partial charge in [-0.2, -0.15) is 0 Å². The van der Waals surface area contributed by atoms with Gasteiger partial charge in [-0.1, -0.05) is 0 Å². The van der Waals surface area contributed by atoms with Gasteiger partial charge in [0.25, 0.3) is 5.91 Å². The lowest BCUT2D eigenvalue weighted by Gasteiger charge is -2.08. The minimum Gasteiger partial charge on any atom is -0.497 e. The standard InChI is InChI=1S/C17H20N4O3/c1-20-14-8-12(23-2)9-16(24-3)13(14)10-15(20)17(22)19-5-7-21-6-4-18-11-21/h4,6,8-11H,5,7H2,1-3H3,(H,19,22). The number of hydrogen-bond acceptors (Lipinski definition) is 4. The van der Waals surface area contributed by atoms with Crippen molar-refractivity contribution in [1.29, 1.82) is 0 Å². The van der Waals surface area contributed by atoms with Gasteiger partial charge in [-0.05, 0) is 6.07 Å². The fraction of sp³-hybridized carbons (Fsp3) is 0.294. The Hall–Kier alpha value is -2.96. The number of hydrogen-bond donors (Lipinski definition) is 1. The first-order valence-corrected chi connectivity index (χ1v) is 7.59. The van der Waals surface area contributed by atoms with E-state index in [1.807, 2.05) is 40.6 Å². The Balaban J connectivity index is 1.83. The van der Waals surface area contributed by atoms with Crippen LogP contribution in [0.4, 0.5) is 0 Å². The van der Waals surface area contributed by atoms with Gasteiger partial charge in [0, 0.05) is 50.0 Å². The molecule has 0 fully saturated rings. The molecule has 0 spiro atoms. The molecule has 126 valence electrons. The molecule has 0 saturated heterocycles. The molecule has 1 aromatic carbocycles. The normalized spacial score (nSPS) is 10.8. The monoisotopic (exact) mass is 328 g/mol. The first kappa shape index (κ1) is 15.9. The zero-order valence-corrected chi connectivity index (χ0v) is 13.9. The first-order valence-electron chi connectivity index (χ1n) is 7.59. The number of amides is 1. The van der Waals surface area contributed by atoms with Gasteiger partial charge in [-0.25, -0.2) is 4.98 Å². The van der Waals surface area contributed by atoms with Crippen LogP contribution in [0.1, 0.15) is 10.5 Å². The van der Waals surface area contributed by atoms with Crippen molar-refractivity contribution in [2.75, 3.05) is 20.8 Å². The second kappa shape index (κ2) is 6.66. The maximum atomic E-state index is 12.5. The van der Waals surface area contributed by atoms with Crippen molar-refractivity contribution in [1.82, 2.24) is 19.4 Å². The van der Waals surface area contributed by atoms with Crippen LogP contribution in [0.3, 0.4) is 0 Å². The van der Waals surface area contributed by atoms with Crippen molar-refractivity contribution in [3.8, 4) is 11.5 Å². The molecule has 0 atom stereocenters. The summed E-state index contributed by atoms with van der Waals surface area (Å²) in [6.07, 6.45) is 5.30. The van der Waals surface area contributed by atoms with E-state index in [0.29, 0.717) is 30.3 Å². The molecule has 0 aliphatic rings. The van der Waals surface area contributed by atoms with Crippen LogP contribution in [0.5, 0.6) is 11.5 Å². The summed E-state index contributed by atoms with van der Waals surface area (Å²) < 4.78 is 14.5. The molecule has 3 rings (SSSR count). The van der Waals surface area contributed by atoms with Crippen LogP contribution < -0.4 is 14.8 Å². The Morgan fingerprint density at radius 2 is 2.08 bits per heavy atom. The van der Waals surface area contributed by atoms with E-state index >= 15 is 0 Å². The SMILES string of the molecule is COc1cc(OC)c2cc(C(=O)NCCn3ccnc3)n(C)c2c1. The molecule has 2 aromatic heterocycles. The smallest absolute Gasteiger partial charge is 0.267 e. The van der Waals surface area contributed by atoms with Crippen molar-refractivity contribution in [2.24, 2.45) is 7.05 Å². The molecule has 0 radical (unpaired) electrons. The lowest BCUT2D eigenvalue weighted by molar-refractivity contribution is 0.0944. The molecule has 7 nitrogen and oxygen atoms in total. The summed E-state index contributed by atoms with van der Waals surface area (Å²) >= 11 is 0. The number of rotatable bonds is 6. The molecule has 2 heterocycles. The van der Waals surface area contributed by atoms with Gasteiger partial charge in [0.1, 0.15) is 17.2 Å². The van der Waals surface area contributed by atoms with Gasteiger partial charge in [-0.15, -0.1) is 0 Å². The summed E-state index contributed by atoms with van der Waals surface area (Å²) in [5.74, 6) is 1.24. The highest BCUT2D eigenvalue weighted by molar-refractivity contribution is 6.00. The third-order valence-corrected chi connectivity index (χ3v) is 4.00. The average molecular weight is 328 g/mol. The van der Waals surface area contributed by atoms with Crippen LogP contribution in [0.2, 0.25) is 0 Å². The Bertz CT molecular complexity index is 852. The van der Waals surface area contributed by atoms with E-state index in [9.17, 15) is 4.79 Å². The third-order valence-electron chi connectivity index (χ3n) is 4.00. The highest BCUT2D eigenvalue weighted by Gasteiger charge is 2.16. The molecule has 1 N–H and O–H groups in total. The van der Waals surface area contributed by atoms with E-state index in [1.165, 1.54) is 0 Å². The summed E-state index contributed by atoms with van der Waals surface area (Å²) in [4.78, 5) is 16.5. The molecule has 0 aliphatic heterocycles. The van der Waals surface area contributed by atoms with E-state index in [0.717, 1.165) is 10.9 Å². The van der Waals surface area contributed by atoms with Crippen molar-refractivity contribution in [2.45, 2.75) is 6.54 Å². The molecule has 0 unspecified atom stereocenters. The topological polar surface area (TPSA) is 70.3 Å². The summed E-state index contributed by atoms with van der Waals surface area (Å²) in [6, 6.07) is 5.53. The number of benzene rings is 1. The predicted molar refractivity (Wildman–Crippen MR) is 90.6 cm³/mol. The zero-order valence-electron chi connectivity index (χ0n) is 13.9. The van der Waals surface area contributed by atoms with Crippen LogP contribution in [-0.2, 0) is 13.6 Å². The maximum Gasteiger partial charge on any atom is 0.267 e.